The van der Waals surface area contributed by atoms with E-state index >= 15 is 0 Å². The van der Waals surface area contributed by atoms with Gasteiger partial charge in [0.2, 0.25) is 11.8 Å². The predicted octanol–water partition coefficient (Wildman–Crippen LogP) is 4.67. The molecular weight excluding hydrogens is 476 g/mol. The van der Waals surface area contributed by atoms with Crippen LogP contribution < -0.4 is 20.2 Å². The molecule has 0 heterocycles. The molecule has 2 amide bonds. The molecule has 37 heavy (non-hydrogen) atoms. The maximum absolute atomic E-state index is 12.2. The Balaban J connectivity index is 1.60. The van der Waals surface area contributed by atoms with Crippen molar-refractivity contribution in [1.82, 2.24) is 5.43 Å². The van der Waals surface area contributed by atoms with Gasteiger partial charge in [-0.3, -0.25) is 19.7 Å². The molecule has 0 aliphatic rings. The molecule has 0 atom stereocenters. The summed E-state index contributed by atoms with van der Waals surface area (Å²) in [7, 11) is 1.42. The molecule has 0 radical (unpaired) electrons. The van der Waals surface area contributed by atoms with E-state index in [-0.39, 0.29) is 48.1 Å². The van der Waals surface area contributed by atoms with Crippen LogP contribution in [-0.2, 0) is 16.2 Å². The van der Waals surface area contributed by atoms with E-state index in [4.69, 9.17) is 9.47 Å². The predicted molar refractivity (Wildman–Crippen MR) is 140 cm³/mol. The third-order valence-electron chi connectivity index (χ3n) is 5.60. The van der Waals surface area contributed by atoms with Gasteiger partial charge in [0.25, 0.3) is 5.69 Å². The molecular formula is C27H28N4O6. The summed E-state index contributed by atoms with van der Waals surface area (Å²) in [5, 5.41) is 18.2. The van der Waals surface area contributed by atoms with Crippen LogP contribution in [0.3, 0.4) is 0 Å². The number of anilines is 1. The molecule has 10 nitrogen and oxygen atoms in total. The lowest BCUT2D eigenvalue weighted by Crippen LogP contribution is -2.21. The number of aryl methyl sites for hydroxylation is 1. The maximum Gasteiger partial charge on any atom is 0.282 e. The second kappa shape index (κ2) is 12.8. The molecule has 0 fully saturated rings. The third-order valence-corrected chi connectivity index (χ3v) is 5.60. The van der Waals surface area contributed by atoms with Gasteiger partial charge < -0.3 is 14.8 Å². The summed E-state index contributed by atoms with van der Waals surface area (Å²) in [5.74, 6) is -0.337. The first-order valence-corrected chi connectivity index (χ1v) is 11.5. The highest BCUT2D eigenvalue weighted by Gasteiger charge is 2.19. The van der Waals surface area contributed by atoms with Crippen molar-refractivity contribution in [2.75, 3.05) is 12.4 Å². The summed E-state index contributed by atoms with van der Waals surface area (Å²) < 4.78 is 11.1. The molecule has 0 aliphatic heterocycles. The number of nitro benzene ring substituents is 1. The zero-order valence-corrected chi connectivity index (χ0v) is 20.8. The molecule has 3 aromatic rings. The molecule has 0 bridgehead atoms. The fourth-order valence-corrected chi connectivity index (χ4v) is 3.39. The van der Waals surface area contributed by atoms with Crippen molar-refractivity contribution in [2.45, 2.75) is 33.3 Å². The minimum Gasteiger partial charge on any atom is -0.493 e. The van der Waals surface area contributed by atoms with Crippen LogP contribution in [-0.4, -0.2) is 30.1 Å². The Labute approximate surface area is 214 Å². The number of hydrogen-bond acceptors (Lipinski definition) is 7. The molecule has 0 aliphatic carbocycles. The first kappa shape index (κ1) is 26.9. The standard InChI is InChI=1S/C27H28N4O6/c1-18-8-7-11-22(19(18)2)29-26(32)12-13-27(33)30-28-16-21-14-24(36-3)25(15-23(21)31(34)35)37-17-20-9-5-4-6-10-20/h4-11,14-16H,12-13,17H2,1-3H3,(H,29,32)(H,30,33). The van der Waals surface area contributed by atoms with Gasteiger partial charge >= 0.3 is 0 Å². The number of nitrogens with zero attached hydrogens (tertiary/aromatic N) is 2. The number of carbonyl (C=O) groups excluding carboxylic acids is 2. The van der Waals surface area contributed by atoms with Crippen LogP contribution in [0.15, 0.2) is 65.8 Å². The quantitative estimate of drug-likeness (QED) is 0.222. The Hall–Kier alpha value is -4.73. The number of ether oxygens (including phenoxy) is 2. The first-order chi connectivity index (χ1) is 17.8. The second-order valence-corrected chi connectivity index (χ2v) is 8.18. The van der Waals surface area contributed by atoms with E-state index in [1.807, 2.05) is 56.3 Å². The highest BCUT2D eigenvalue weighted by atomic mass is 16.6. The van der Waals surface area contributed by atoms with Gasteiger partial charge in [-0.15, -0.1) is 0 Å². The Kier molecular flexibility index (Phi) is 9.31. The fraction of sp³-hybridized carbons (Fsp3) is 0.222. The van der Waals surface area contributed by atoms with Crippen molar-refractivity contribution in [2.24, 2.45) is 5.10 Å². The number of amides is 2. The molecule has 3 aromatic carbocycles. The minimum atomic E-state index is -0.574. The number of nitrogens with one attached hydrogen (secondary N) is 2. The number of nitro groups is 1. The summed E-state index contributed by atoms with van der Waals surface area (Å²) in [5.41, 5.74) is 5.73. The van der Waals surface area contributed by atoms with Crippen molar-refractivity contribution in [3.05, 3.63) is 93.0 Å². The van der Waals surface area contributed by atoms with Gasteiger partial charge in [0, 0.05) is 18.5 Å². The normalized spacial score (nSPS) is 10.7. The van der Waals surface area contributed by atoms with Gasteiger partial charge in [-0.2, -0.15) is 5.10 Å². The van der Waals surface area contributed by atoms with Crippen molar-refractivity contribution >= 4 is 29.4 Å². The average Bonchev–Trinajstić information content (AvgIpc) is 2.89. The lowest BCUT2D eigenvalue weighted by Gasteiger charge is -2.12. The molecule has 0 aromatic heterocycles. The van der Waals surface area contributed by atoms with Gasteiger partial charge in [-0.1, -0.05) is 42.5 Å². The second-order valence-electron chi connectivity index (χ2n) is 8.18. The number of benzene rings is 3. The van der Waals surface area contributed by atoms with Crippen molar-refractivity contribution in [3.8, 4) is 11.5 Å². The first-order valence-electron chi connectivity index (χ1n) is 11.5. The molecule has 0 saturated heterocycles. The van der Waals surface area contributed by atoms with Crippen LogP contribution in [0.4, 0.5) is 11.4 Å². The van der Waals surface area contributed by atoms with Gasteiger partial charge in [0.15, 0.2) is 11.5 Å². The zero-order chi connectivity index (χ0) is 26.8. The van der Waals surface area contributed by atoms with Crippen LogP contribution in [0.25, 0.3) is 0 Å². The van der Waals surface area contributed by atoms with Crippen LogP contribution in [0, 0.1) is 24.0 Å². The van der Waals surface area contributed by atoms with Crippen LogP contribution in [0.5, 0.6) is 11.5 Å². The van der Waals surface area contributed by atoms with Crippen molar-refractivity contribution < 1.29 is 24.0 Å². The number of hydrogen-bond donors (Lipinski definition) is 2. The molecule has 3 rings (SSSR count). The lowest BCUT2D eigenvalue weighted by atomic mass is 10.1. The third kappa shape index (κ3) is 7.63. The Morgan fingerprint density at radius 3 is 2.43 bits per heavy atom. The molecule has 2 N–H and O–H groups in total. The average molecular weight is 505 g/mol. The van der Waals surface area contributed by atoms with E-state index in [0.29, 0.717) is 5.69 Å². The number of methoxy groups -OCH3 is 1. The summed E-state index contributed by atoms with van der Waals surface area (Å²) in [4.78, 5) is 35.4. The molecule has 0 unspecified atom stereocenters. The van der Waals surface area contributed by atoms with Crippen molar-refractivity contribution in [1.29, 1.82) is 0 Å². The smallest absolute Gasteiger partial charge is 0.282 e. The highest BCUT2D eigenvalue weighted by molar-refractivity contribution is 5.94. The lowest BCUT2D eigenvalue weighted by molar-refractivity contribution is -0.385. The van der Waals surface area contributed by atoms with Gasteiger partial charge in [0.1, 0.15) is 6.61 Å². The van der Waals surface area contributed by atoms with Crippen LogP contribution >= 0.6 is 0 Å². The van der Waals surface area contributed by atoms with Crippen LogP contribution in [0.2, 0.25) is 0 Å². The van der Waals surface area contributed by atoms with Gasteiger partial charge in [-0.05, 0) is 42.7 Å². The monoisotopic (exact) mass is 504 g/mol. The Morgan fingerprint density at radius 2 is 1.73 bits per heavy atom. The zero-order valence-electron chi connectivity index (χ0n) is 20.8. The number of hydrazone groups is 1. The number of carbonyl (C=O) groups is 2. The molecule has 0 saturated carbocycles. The summed E-state index contributed by atoms with van der Waals surface area (Å²) in [6.45, 7) is 4.05. The van der Waals surface area contributed by atoms with Crippen LogP contribution in [0.1, 0.15) is 35.1 Å². The highest BCUT2D eigenvalue weighted by Crippen LogP contribution is 2.34. The van der Waals surface area contributed by atoms with Gasteiger partial charge in [-0.25, -0.2) is 5.43 Å². The summed E-state index contributed by atoms with van der Waals surface area (Å²) in [6, 6.07) is 17.6. The Morgan fingerprint density at radius 1 is 1.00 bits per heavy atom. The van der Waals surface area contributed by atoms with E-state index in [1.165, 1.54) is 19.2 Å². The molecule has 192 valence electrons. The maximum atomic E-state index is 12.2. The Bertz CT molecular complexity index is 1310. The van der Waals surface area contributed by atoms with Crippen molar-refractivity contribution in [3.63, 3.8) is 0 Å². The summed E-state index contributed by atoms with van der Waals surface area (Å²) >= 11 is 0. The summed E-state index contributed by atoms with van der Waals surface area (Å²) in [6.07, 6.45) is 0.998. The minimum absolute atomic E-state index is 0.0455. The van der Waals surface area contributed by atoms with E-state index in [0.717, 1.165) is 22.9 Å². The van der Waals surface area contributed by atoms with Gasteiger partial charge in [0.05, 0.1) is 29.9 Å². The largest absolute Gasteiger partial charge is 0.493 e. The molecule has 0 spiro atoms. The molecule has 10 heteroatoms. The SMILES string of the molecule is COc1cc(C=NNC(=O)CCC(=O)Nc2cccc(C)c2C)c([N+](=O)[O-])cc1OCc1ccccc1. The fourth-order valence-electron chi connectivity index (χ4n) is 3.39. The topological polar surface area (TPSA) is 132 Å². The van der Waals surface area contributed by atoms with E-state index < -0.39 is 10.8 Å². The van der Waals surface area contributed by atoms with E-state index in [9.17, 15) is 19.7 Å². The van der Waals surface area contributed by atoms with E-state index in [1.54, 1.807) is 6.07 Å². The van der Waals surface area contributed by atoms with E-state index in [2.05, 4.69) is 15.8 Å². The number of rotatable bonds is 11.